The molecule has 0 radical (unpaired) electrons. The van der Waals surface area contributed by atoms with Gasteiger partial charge in [-0.1, -0.05) is 6.92 Å². The maximum absolute atomic E-state index is 11.3. The van der Waals surface area contributed by atoms with Crippen molar-refractivity contribution in [1.29, 1.82) is 5.26 Å². The summed E-state index contributed by atoms with van der Waals surface area (Å²) in [7, 11) is 1.30. The minimum Gasteiger partial charge on any atom is -0.392 e. The Hall–Kier alpha value is -1.09. The van der Waals surface area contributed by atoms with Gasteiger partial charge in [-0.15, -0.1) is 0 Å². The van der Waals surface area contributed by atoms with Gasteiger partial charge in [0.2, 0.25) is 0 Å². The minimum absolute atomic E-state index is 0.187. The van der Waals surface area contributed by atoms with Crippen LogP contribution in [0.2, 0.25) is 0 Å². The molecule has 0 aromatic heterocycles. The molecular formula is C10H10ClNO3S. The molecule has 0 atom stereocenters. The van der Waals surface area contributed by atoms with Gasteiger partial charge in [0.25, 0.3) is 9.05 Å². The first-order valence-electron chi connectivity index (χ1n) is 4.55. The molecule has 0 saturated heterocycles. The quantitative estimate of drug-likeness (QED) is 0.835. The van der Waals surface area contributed by atoms with Crippen LogP contribution in [0, 0.1) is 11.3 Å². The summed E-state index contributed by atoms with van der Waals surface area (Å²) in [5.41, 5.74) is 1.09. The number of benzene rings is 1. The first-order valence-corrected chi connectivity index (χ1v) is 6.86. The van der Waals surface area contributed by atoms with Gasteiger partial charge in [0.1, 0.15) is 0 Å². The van der Waals surface area contributed by atoms with Crippen molar-refractivity contribution in [2.45, 2.75) is 24.8 Å². The molecular weight excluding hydrogens is 250 g/mol. The van der Waals surface area contributed by atoms with Crippen molar-refractivity contribution in [2.24, 2.45) is 0 Å². The summed E-state index contributed by atoms with van der Waals surface area (Å²) in [6.45, 7) is 1.39. The zero-order valence-electron chi connectivity index (χ0n) is 8.57. The lowest BCUT2D eigenvalue weighted by Gasteiger charge is -2.10. The molecule has 1 N–H and O–H groups in total. The summed E-state index contributed by atoms with van der Waals surface area (Å²) in [6.07, 6.45) is 0.519. The van der Waals surface area contributed by atoms with E-state index >= 15 is 0 Å². The Balaban J connectivity index is 3.64. The third kappa shape index (κ3) is 2.53. The van der Waals surface area contributed by atoms with Gasteiger partial charge in [-0.2, -0.15) is 5.26 Å². The number of hydrogen-bond donors (Lipinski definition) is 1. The summed E-state index contributed by atoms with van der Waals surface area (Å²) in [4.78, 5) is -0.187. The van der Waals surface area contributed by atoms with Gasteiger partial charge in [-0.05, 0) is 24.1 Å². The SMILES string of the molecule is CCc1cc(C#N)cc(S(=O)(=O)Cl)c1CO. The number of aryl methyl sites for hydroxylation is 1. The largest absolute Gasteiger partial charge is 0.392 e. The smallest absolute Gasteiger partial charge is 0.261 e. The topological polar surface area (TPSA) is 78.2 Å². The van der Waals surface area contributed by atoms with Gasteiger partial charge in [0.05, 0.1) is 23.1 Å². The van der Waals surface area contributed by atoms with Crippen molar-refractivity contribution in [2.75, 3.05) is 0 Å². The number of rotatable bonds is 3. The molecule has 6 heteroatoms. The highest BCUT2D eigenvalue weighted by Gasteiger charge is 2.19. The second-order valence-electron chi connectivity index (χ2n) is 3.17. The molecule has 4 nitrogen and oxygen atoms in total. The van der Waals surface area contributed by atoms with Crippen LogP contribution in [0.5, 0.6) is 0 Å². The van der Waals surface area contributed by atoms with Crippen LogP contribution >= 0.6 is 10.7 Å². The van der Waals surface area contributed by atoms with Gasteiger partial charge < -0.3 is 5.11 Å². The fraction of sp³-hybridized carbons (Fsp3) is 0.300. The summed E-state index contributed by atoms with van der Waals surface area (Å²) in [5.74, 6) is 0. The third-order valence-corrected chi connectivity index (χ3v) is 3.62. The van der Waals surface area contributed by atoms with E-state index in [0.717, 1.165) is 0 Å². The van der Waals surface area contributed by atoms with Gasteiger partial charge in [0, 0.05) is 16.2 Å². The van der Waals surface area contributed by atoms with Crippen molar-refractivity contribution in [3.63, 3.8) is 0 Å². The fourth-order valence-electron chi connectivity index (χ4n) is 1.48. The predicted molar refractivity (Wildman–Crippen MR) is 59.5 cm³/mol. The molecule has 0 saturated carbocycles. The zero-order valence-corrected chi connectivity index (χ0v) is 10.1. The van der Waals surface area contributed by atoms with E-state index in [1.807, 2.05) is 6.07 Å². The average molecular weight is 260 g/mol. The molecule has 1 aromatic rings. The molecule has 86 valence electrons. The Morgan fingerprint density at radius 2 is 2.12 bits per heavy atom. The average Bonchev–Trinajstić information content (AvgIpc) is 2.25. The van der Waals surface area contributed by atoms with Crippen molar-refractivity contribution in [3.05, 3.63) is 28.8 Å². The molecule has 0 aliphatic rings. The number of halogens is 1. The van der Waals surface area contributed by atoms with Crippen LogP contribution in [0.4, 0.5) is 0 Å². The van der Waals surface area contributed by atoms with Crippen molar-refractivity contribution < 1.29 is 13.5 Å². The highest BCUT2D eigenvalue weighted by atomic mass is 35.7. The van der Waals surface area contributed by atoms with E-state index in [1.54, 1.807) is 13.0 Å². The minimum atomic E-state index is -3.95. The second-order valence-corrected chi connectivity index (χ2v) is 5.71. The molecule has 0 spiro atoms. The Labute approximate surface area is 98.5 Å². The van der Waals surface area contributed by atoms with Gasteiger partial charge >= 0.3 is 0 Å². The van der Waals surface area contributed by atoms with Crippen LogP contribution in [0.3, 0.4) is 0 Å². The normalized spacial score (nSPS) is 11.1. The van der Waals surface area contributed by atoms with Gasteiger partial charge in [-0.3, -0.25) is 0 Å². The second kappa shape index (κ2) is 4.83. The lowest BCUT2D eigenvalue weighted by molar-refractivity contribution is 0.277. The van der Waals surface area contributed by atoms with Crippen molar-refractivity contribution in [3.8, 4) is 6.07 Å². The summed E-state index contributed by atoms with van der Waals surface area (Å²) < 4.78 is 22.6. The molecule has 1 aromatic carbocycles. The van der Waals surface area contributed by atoms with Crippen molar-refractivity contribution >= 4 is 19.7 Å². The van der Waals surface area contributed by atoms with E-state index in [4.69, 9.17) is 21.1 Å². The maximum atomic E-state index is 11.3. The zero-order chi connectivity index (χ0) is 12.3. The molecule has 0 heterocycles. The Kier molecular flexibility index (Phi) is 3.92. The van der Waals surface area contributed by atoms with Crippen LogP contribution in [0.15, 0.2) is 17.0 Å². The van der Waals surface area contributed by atoms with E-state index in [1.165, 1.54) is 6.07 Å². The van der Waals surface area contributed by atoms with E-state index < -0.39 is 15.7 Å². The number of hydrogen-bond acceptors (Lipinski definition) is 4. The summed E-state index contributed by atoms with van der Waals surface area (Å²) in [6, 6.07) is 4.59. The number of nitriles is 1. The Morgan fingerprint density at radius 3 is 2.50 bits per heavy atom. The van der Waals surface area contributed by atoms with Crippen LogP contribution in [0.25, 0.3) is 0 Å². The number of aliphatic hydroxyl groups excluding tert-OH is 1. The summed E-state index contributed by atoms with van der Waals surface area (Å²) in [5, 5.41) is 17.9. The molecule has 16 heavy (non-hydrogen) atoms. The number of aliphatic hydroxyl groups is 1. The van der Waals surface area contributed by atoms with Gasteiger partial charge in [0.15, 0.2) is 0 Å². The van der Waals surface area contributed by atoms with Gasteiger partial charge in [-0.25, -0.2) is 8.42 Å². The highest BCUT2D eigenvalue weighted by molar-refractivity contribution is 8.13. The van der Waals surface area contributed by atoms with E-state index in [0.29, 0.717) is 12.0 Å². The molecule has 0 unspecified atom stereocenters. The van der Waals surface area contributed by atoms with Crippen LogP contribution in [-0.2, 0) is 22.1 Å². The lowest BCUT2D eigenvalue weighted by atomic mass is 10.0. The Morgan fingerprint density at radius 1 is 1.50 bits per heavy atom. The maximum Gasteiger partial charge on any atom is 0.261 e. The van der Waals surface area contributed by atoms with E-state index in [9.17, 15) is 8.42 Å². The summed E-state index contributed by atoms with van der Waals surface area (Å²) >= 11 is 0. The number of nitrogens with zero attached hydrogens (tertiary/aromatic N) is 1. The molecule has 0 bridgehead atoms. The van der Waals surface area contributed by atoms with Crippen LogP contribution < -0.4 is 0 Å². The molecule has 0 aliphatic carbocycles. The first kappa shape index (κ1) is 13.0. The predicted octanol–water partition coefficient (Wildman–Crippen LogP) is 1.54. The standard InChI is InChI=1S/C10H10ClNO3S/c1-2-8-3-7(5-12)4-10(9(8)6-13)16(11,14)15/h3-4,13H,2,6H2,1H3. The highest BCUT2D eigenvalue weighted by Crippen LogP contribution is 2.25. The monoisotopic (exact) mass is 259 g/mol. The van der Waals surface area contributed by atoms with Crippen LogP contribution in [-0.4, -0.2) is 13.5 Å². The van der Waals surface area contributed by atoms with E-state index in [-0.39, 0.29) is 16.0 Å². The fourth-order valence-corrected chi connectivity index (χ4v) is 2.65. The molecule has 1 rings (SSSR count). The third-order valence-electron chi connectivity index (χ3n) is 2.23. The first-order chi connectivity index (χ1) is 7.43. The van der Waals surface area contributed by atoms with Crippen LogP contribution in [0.1, 0.15) is 23.6 Å². The Bertz CT molecular complexity index is 546. The molecule has 0 aliphatic heterocycles. The van der Waals surface area contributed by atoms with E-state index in [2.05, 4.69) is 0 Å². The lowest BCUT2D eigenvalue weighted by Crippen LogP contribution is -2.03. The molecule has 0 amide bonds. The van der Waals surface area contributed by atoms with Crippen molar-refractivity contribution in [1.82, 2.24) is 0 Å². The molecule has 0 fully saturated rings.